The molecular weight excluding hydrogens is 441 g/mol. The normalized spacial score (nSPS) is 15.6. The molecule has 1 fully saturated rings. The van der Waals surface area contributed by atoms with Gasteiger partial charge in [0.1, 0.15) is 10.8 Å². The number of para-hydroxylation sites is 1. The number of carbonyl (C=O) groups excluding carboxylic acids is 1. The highest BCUT2D eigenvalue weighted by molar-refractivity contribution is 9.10. The van der Waals surface area contributed by atoms with Gasteiger partial charge in [0.2, 0.25) is 5.91 Å². The Kier molecular flexibility index (Phi) is 5.85. The zero-order chi connectivity index (χ0) is 19.5. The van der Waals surface area contributed by atoms with E-state index in [0.717, 1.165) is 34.6 Å². The number of hydrogen-bond donors (Lipinski definition) is 0. The van der Waals surface area contributed by atoms with Gasteiger partial charge in [0, 0.05) is 42.3 Å². The first-order valence-electron chi connectivity index (χ1n) is 9.07. The van der Waals surface area contributed by atoms with Crippen LogP contribution in [0.25, 0.3) is 16.3 Å². The van der Waals surface area contributed by atoms with Crippen LogP contribution >= 0.6 is 27.3 Å². The Labute approximate surface area is 175 Å². The summed E-state index contributed by atoms with van der Waals surface area (Å²) in [5.41, 5.74) is 1.44. The van der Waals surface area contributed by atoms with Crippen LogP contribution in [0.15, 0.2) is 53.0 Å². The predicted octanol–water partition coefficient (Wildman–Crippen LogP) is 4.56. The van der Waals surface area contributed by atoms with Crippen molar-refractivity contribution in [2.24, 2.45) is 0 Å². The molecule has 2 heterocycles. The summed E-state index contributed by atoms with van der Waals surface area (Å²) in [6.07, 6.45) is 2.99. The quantitative estimate of drug-likeness (QED) is 0.536. The van der Waals surface area contributed by atoms with Crippen LogP contribution in [0.5, 0.6) is 0 Å². The van der Waals surface area contributed by atoms with Gasteiger partial charge in [0.25, 0.3) is 0 Å². The molecule has 1 saturated heterocycles. The maximum absolute atomic E-state index is 13.8. The fourth-order valence-corrected chi connectivity index (χ4v) is 4.60. The molecule has 3 aromatic rings. The van der Waals surface area contributed by atoms with Gasteiger partial charge >= 0.3 is 0 Å². The molecule has 1 amide bonds. The molecule has 0 atom stereocenters. The Morgan fingerprint density at radius 2 is 1.96 bits per heavy atom. The molecule has 0 aliphatic carbocycles. The highest BCUT2D eigenvalue weighted by Gasteiger charge is 2.20. The van der Waals surface area contributed by atoms with E-state index in [2.05, 4.69) is 31.9 Å². The van der Waals surface area contributed by atoms with Crippen LogP contribution in [0.4, 0.5) is 4.39 Å². The summed E-state index contributed by atoms with van der Waals surface area (Å²) in [5.74, 6) is -0.424. The highest BCUT2D eigenvalue weighted by Crippen LogP contribution is 2.23. The first-order valence-corrected chi connectivity index (χ1v) is 10.7. The lowest BCUT2D eigenvalue weighted by molar-refractivity contribution is -0.127. The van der Waals surface area contributed by atoms with Crippen molar-refractivity contribution in [1.29, 1.82) is 0 Å². The second-order valence-corrected chi connectivity index (χ2v) is 8.71. The molecule has 0 saturated carbocycles. The third kappa shape index (κ3) is 4.48. The van der Waals surface area contributed by atoms with E-state index in [1.165, 1.54) is 22.9 Å². The number of amides is 1. The second kappa shape index (κ2) is 8.51. The molecule has 1 aromatic heterocycles. The van der Waals surface area contributed by atoms with Crippen molar-refractivity contribution in [2.45, 2.75) is 6.54 Å². The van der Waals surface area contributed by atoms with Crippen LogP contribution in [-0.2, 0) is 11.3 Å². The van der Waals surface area contributed by atoms with Crippen molar-refractivity contribution in [2.75, 3.05) is 26.2 Å². The number of fused-ring (bicyclic) bond motifs is 1. The number of piperazine rings is 1. The first-order chi connectivity index (χ1) is 13.6. The van der Waals surface area contributed by atoms with Gasteiger partial charge in [0.05, 0.1) is 16.8 Å². The number of aromatic nitrogens is 1. The summed E-state index contributed by atoms with van der Waals surface area (Å²) in [5, 5.41) is 1.10. The Morgan fingerprint density at radius 3 is 2.75 bits per heavy atom. The maximum Gasteiger partial charge on any atom is 0.246 e. The summed E-state index contributed by atoms with van der Waals surface area (Å²) in [4.78, 5) is 21.2. The van der Waals surface area contributed by atoms with Crippen molar-refractivity contribution in [1.82, 2.24) is 14.8 Å². The highest BCUT2D eigenvalue weighted by atomic mass is 79.9. The van der Waals surface area contributed by atoms with Gasteiger partial charge in [-0.05, 0) is 36.4 Å². The van der Waals surface area contributed by atoms with Gasteiger partial charge in [-0.25, -0.2) is 9.37 Å². The largest absolute Gasteiger partial charge is 0.337 e. The number of thiazole rings is 1. The third-order valence-electron chi connectivity index (χ3n) is 4.74. The predicted molar refractivity (Wildman–Crippen MR) is 115 cm³/mol. The molecule has 7 heteroatoms. The third-order valence-corrected chi connectivity index (χ3v) is 6.26. The fourth-order valence-electron chi connectivity index (χ4n) is 3.21. The zero-order valence-electron chi connectivity index (χ0n) is 15.1. The molecular formula is C21H19BrFN3OS. The molecule has 4 nitrogen and oxygen atoms in total. The topological polar surface area (TPSA) is 36.4 Å². The maximum atomic E-state index is 13.8. The van der Waals surface area contributed by atoms with Crippen LogP contribution in [0.3, 0.4) is 0 Å². The summed E-state index contributed by atoms with van der Waals surface area (Å²) < 4.78 is 15.8. The minimum absolute atomic E-state index is 0.0842. The average Bonchev–Trinajstić information content (AvgIpc) is 3.11. The van der Waals surface area contributed by atoms with Gasteiger partial charge in [-0.15, -0.1) is 11.3 Å². The van der Waals surface area contributed by atoms with Gasteiger partial charge in [-0.2, -0.15) is 0 Å². The first kappa shape index (κ1) is 19.2. The van der Waals surface area contributed by atoms with Gasteiger partial charge in [-0.1, -0.05) is 28.1 Å². The fraction of sp³-hybridized carbons (Fsp3) is 0.238. The molecule has 1 aliphatic rings. The number of halogens is 2. The smallest absolute Gasteiger partial charge is 0.246 e. The van der Waals surface area contributed by atoms with E-state index < -0.39 is 0 Å². The Morgan fingerprint density at radius 1 is 1.18 bits per heavy atom. The minimum Gasteiger partial charge on any atom is -0.337 e. The SMILES string of the molecule is O=C(C=Cc1cc(Br)ccc1F)N1CCN(Cc2nc3ccccc3s2)CC1. The molecule has 1 aliphatic heterocycles. The Bertz CT molecular complexity index is 994. The average molecular weight is 460 g/mol. The van der Waals surface area contributed by atoms with Crippen LogP contribution in [-0.4, -0.2) is 46.9 Å². The molecule has 0 N–H and O–H groups in total. The number of hydrogen-bond acceptors (Lipinski definition) is 4. The molecule has 0 radical (unpaired) electrons. The van der Waals surface area contributed by atoms with E-state index in [1.807, 2.05) is 18.2 Å². The number of rotatable bonds is 4. The van der Waals surface area contributed by atoms with Gasteiger partial charge < -0.3 is 4.90 Å². The van der Waals surface area contributed by atoms with E-state index >= 15 is 0 Å². The van der Waals surface area contributed by atoms with Gasteiger partial charge in [-0.3, -0.25) is 9.69 Å². The molecule has 4 rings (SSSR count). The summed E-state index contributed by atoms with van der Waals surface area (Å²) in [7, 11) is 0. The van der Waals surface area contributed by atoms with E-state index in [1.54, 1.807) is 28.4 Å². The summed E-state index contributed by atoms with van der Waals surface area (Å²) in [6, 6.07) is 12.8. The molecule has 144 valence electrons. The summed E-state index contributed by atoms with van der Waals surface area (Å²) in [6.45, 7) is 3.74. The van der Waals surface area contributed by atoms with Crippen LogP contribution in [0, 0.1) is 5.82 Å². The monoisotopic (exact) mass is 459 g/mol. The molecule has 0 spiro atoms. The Hall–Kier alpha value is -2.09. The second-order valence-electron chi connectivity index (χ2n) is 6.68. The number of benzene rings is 2. The lowest BCUT2D eigenvalue weighted by atomic mass is 10.2. The van der Waals surface area contributed by atoms with Crippen molar-refractivity contribution in [3.63, 3.8) is 0 Å². The zero-order valence-corrected chi connectivity index (χ0v) is 17.5. The van der Waals surface area contributed by atoms with E-state index in [4.69, 9.17) is 0 Å². The van der Waals surface area contributed by atoms with Crippen molar-refractivity contribution < 1.29 is 9.18 Å². The van der Waals surface area contributed by atoms with Crippen LogP contribution in [0.2, 0.25) is 0 Å². The molecule has 0 bridgehead atoms. The van der Waals surface area contributed by atoms with Crippen molar-refractivity contribution in [3.8, 4) is 0 Å². The standard InChI is InChI=1S/C21H19BrFN3OS/c22-16-6-7-17(23)15(13-16)5-8-21(27)26-11-9-25(10-12-26)14-20-24-18-3-1-2-4-19(18)28-20/h1-8,13H,9-12,14H2. The van der Waals surface area contributed by atoms with Crippen molar-refractivity contribution >= 4 is 49.5 Å². The lowest BCUT2D eigenvalue weighted by Gasteiger charge is -2.33. The van der Waals surface area contributed by atoms with Gasteiger partial charge in [0.15, 0.2) is 0 Å². The minimum atomic E-state index is -0.340. The van der Waals surface area contributed by atoms with Crippen molar-refractivity contribution in [3.05, 3.63) is 69.4 Å². The van der Waals surface area contributed by atoms with Crippen LogP contribution < -0.4 is 0 Å². The lowest BCUT2D eigenvalue weighted by Crippen LogP contribution is -2.47. The van der Waals surface area contributed by atoms with E-state index in [-0.39, 0.29) is 11.7 Å². The molecule has 2 aromatic carbocycles. The Balaban J connectivity index is 1.32. The van der Waals surface area contributed by atoms with Crippen LogP contribution in [0.1, 0.15) is 10.6 Å². The molecule has 0 unspecified atom stereocenters. The number of carbonyl (C=O) groups is 1. The number of nitrogens with zero attached hydrogens (tertiary/aromatic N) is 3. The van der Waals surface area contributed by atoms with E-state index in [0.29, 0.717) is 18.7 Å². The molecule has 28 heavy (non-hydrogen) atoms. The summed E-state index contributed by atoms with van der Waals surface area (Å²) >= 11 is 5.04. The van der Waals surface area contributed by atoms with E-state index in [9.17, 15) is 9.18 Å².